The molecule has 4 nitrogen and oxygen atoms in total. The number of aliphatic imine (C=N–C) groups is 1. The van der Waals surface area contributed by atoms with E-state index in [1.807, 2.05) is 0 Å². The van der Waals surface area contributed by atoms with Gasteiger partial charge in [-0.05, 0) is 24.3 Å². The molecule has 0 N–H and O–H groups in total. The lowest BCUT2D eigenvalue weighted by Crippen LogP contribution is -2.45. The summed E-state index contributed by atoms with van der Waals surface area (Å²) in [6.07, 6.45) is -17.2. The smallest absolute Gasteiger partial charge is 0.286 e. The van der Waals surface area contributed by atoms with E-state index in [1.165, 1.54) is 0 Å². The molecule has 170 valence electrons. The van der Waals surface area contributed by atoms with Gasteiger partial charge in [0, 0.05) is 6.42 Å². The molecule has 1 aliphatic rings. The van der Waals surface area contributed by atoms with Crippen LogP contribution >= 0.6 is 11.6 Å². The van der Waals surface area contributed by atoms with E-state index in [-0.39, 0.29) is 34.3 Å². The minimum atomic E-state index is -5.43. The van der Waals surface area contributed by atoms with Crippen molar-refractivity contribution in [2.45, 2.75) is 30.4 Å². The van der Waals surface area contributed by atoms with Crippen molar-refractivity contribution in [3.63, 3.8) is 0 Å². The van der Waals surface area contributed by atoms with Crippen molar-refractivity contribution in [3.05, 3.63) is 57.6 Å². The molecule has 0 aromatic carbocycles. The molecule has 0 saturated heterocycles. The predicted octanol–water partition coefficient (Wildman–Crippen LogP) is 5.73. The van der Waals surface area contributed by atoms with Gasteiger partial charge in [-0.1, -0.05) is 11.6 Å². The van der Waals surface area contributed by atoms with Gasteiger partial charge in [-0.2, -0.15) is 44.8 Å². The Kier molecular flexibility index (Phi) is 5.66. The van der Waals surface area contributed by atoms with Gasteiger partial charge in [0.05, 0.1) is 34.2 Å². The number of pyridine rings is 2. The van der Waals surface area contributed by atoms with Crippen molar-refractivity contribution in [1.29, 1.82) is 5.26 Å². The van der Waals surface area contributed by atoms with Crippen LogP contribution in [0, 0.1) is 11.3 Å². The van der Waals surface area contributed by atoms with Crippen LogP contribution in [0.3, 0.4) is 0 Å². The van der Waals surface area contributed by atoms with Crippen LogP contribution in [0.15, 0.2) is 29.3 Å². The summed E-state index contributed by atoms with van der Waals surface area (Å²) >= 11 is 5.72. The van der Waals surface area contributed by atoms with Crippen molar-refractivity contribution < 1.29 is 39.5 Å². The van der Waals surface area contributed by atoms with Crippen molar-refractivity contribution in [3.8, 4) is 6.07 Å². The number of hydrogen-bond acceptors (Lipinski definition) is 4. The zero-order valence-corrected chi connectivity index (χ0v) is 16.0. The van der Waals surface area contributed by atoms with Gasteiger partial charge in [0.25, 0.3) is 0 Å². The first-order valence-electron chi connectivity index (χ1n) is 8.42. The SMILES string of the molecule is N#Cc1nc(C2=NCC(c3cc(C(F)(F)F)cc(C(F)(F)F)n3)(C(F)(F)F)C2)ccc1Cl. The molecule has 0 radical (unpaired) electrons. The van der Waals surface area contributed by atoms with Crippen molar-refractivity contribution in [1.82, 2.24) is 9.97 Å². The molecule has 0 aliphatic carbocycles. The zero-order chi connectivity index (χ0) is 24.1. The van der Waals surface area contributed by atoms with Crippen molar-refractivity contribution in [2.75, 3.05) is 6.54 Å². The average molecular weight is 487 g/mol. The maximum atomic E-state index is 14.1. The summed E-state index contributed by atoms with van der Waals surface area (Å²) in [5.74, 6) is 0. The highest BCUT2D eigenvalue weighted by molar-refractivity contribution is 6.31. The van der Waals surface area contributed by atoms with E-state index in [1.54, 1.807) is 6.07 Å². The molecule has 0 amide bonds. The fourth-order valence-corrected chi connectivity index (χ4v) is 3.22. The number of hydrogen-bond donors (Lipinski definition) is 0. The summed E-state index contributed by atoms with van der Waals surface area (Å²) in [7, 11) is 0. The molecule has 1 atom stereocenters. The van der Waals surface area contributed by atoms with Gasteiger partial charge in [0.15, 0.2) is 5.69 Å². The third kappa shape index (κ3) is 4.23. The lowest BCUT2D eigenvalue weighted by atomic mass is 9.79. The molecule has 0 spiro atoms. The lowest BCUT2D eigenvalue weighted by Gasteiger charge is -2.31. The van der Waals surface area contributed by atoms with Gasteiger partial charge < -0.3 is 0 Å². The summed E-state index contributed by atoms with van der Waals surface area (Å²) < 4.78 is 121. The van der Waals surface area contributed by atoms with Crippen LogP contribution < -0.4 is 0 Å². The van der Waals surface area contributed by atoms with Crippen LogP contribution in [0.4, 0.5) is 39.5 Å². The standard InChI is InChI=1S/C18H8ClF9N4/c19-9-1-2-10(31-12(9)6-29)11-5-15(7-30-11,18(26,27)28)13-3-8(16(20,21)22)4-14(32-13)17(23,24)25/h1-4H,5,7H2. The van der Waals surface area contributed by atoms with Crippen LogP contribution in [0.1, 0.15) is 34.8 Å². The van der Waals surface area contributed by atoms with Crippen LogP contribution in [-0.2, 0) is 17.8 Å². The summed E-state index contributed by atoms with van der Waals surface area (Å²) in [6, 6.07) is 3.48. The van der Waals surface area contributed by atoms with Gasteiger partial charge in [0.1, 0.15) is 17.2 Å². The molecule has 2 aromatic rings. The van der Waals surface area contributed by atoms with Gasteiger partial charge in [-0.15, -0.1) is 0 Å². The Morgan fingerprint density at radius 1 is 0.938 bits per heavy atom. The minimum absolute atomic E-state index is 0.0583. The number of nitrogens with zero attached hydrogens (tertiary/aromatic N) is 4. The lowest BCUT2D eigenvalue weighted by molar-refractivity contribution is -0.186. The number of aromatic nitrogens is 2. The fraction of sp³-hybridized carbons (Fsp3) is 0.333. The monoisotopic (exact) mass is 486 g/mol. The molecular weight excluding hydrogens is 479 g/mol. The van der Waals surface area contributed by atoms with Crippen LogP contribution in [0.5, 0.6) is 0 Å². The summed E-state index contributed by atoms with van der Waals surface area (Å²) in [6.45, 7) is -1.22. The Bertz CT molecular complexity index is 1100. The average Bonchev–Trinajstić information content (AvgIpc) is 3.13. The second kappa shape index (κ2) is 7.61. The molecule has 3 heterocycles. The number of halogens is 10. The highest BCUT2D eigenvalue weighted by Crippen LogP contribution is 2.48. The molecule has 0 bridgehead atoms. The summed E-state index contributed by atoms with van der Waals surface area (Å²) in [5.41, 5.74) is -9.71. The summed E-state index contributed by atoms with van der Waals surface area (Å²) in [4.78, 5) is 10.3. The molecule has 2 aromatic heterocycles. The van der Waals surface area contributed by atoms with E-state index >= 15 is 0 Å². The van der Waals surface area contributed by atoms with E-state index in [2.05, 4.69) is 15.0 Å². The zero-order valence-electron chi connectivity index (χ0n) is 15.3. The first kappa shape index (κ1) is 23.8. The topological polar surface area (TPSA) is 61.9 Å². The van der Waals surface area contributed by atoms with E-state index in [4.69, 9.17) is 16.9 Å². The second-order valence-corrected chi connectivity index (χ2v) is 7.19. The predicted molar refractivity (Wildman–Crippen MR) is 92.0 cm³/mol. The third-order valence-corrected chi connectivity index (χ3v) is 5.04. The quantitative estimate of drug-likeness (QED) is 0.509. The van der Waals surface area contributed by atoms with Crippen LogP contribution in [-0.4, -0.2) is 28.4 Å². The Balaban J connectivity index is 2.17. The Morgan fingerprint density at radius 3 is 2.12 bits per heavy atom. The van der Waals surface area contributed by atoms with Crippen LogP contribution in [0.25, 0.3) is 0 Å². The third-order valence-electron chi connectivity index (χ3n) is 4.73. The Morgan fingerprint density at radius 2 is 1.59 bits per heavy atom. The summed E-state index contributed by atoms with van der Waals surface area (Å²) in [5, 5.41) is 8.86. The van der Waals surface area contributed by atoms with Crippen LogP contribution in [0.2, 0.25) is 5.02 Å². The minimum Gasteiger partial charge on any atom is -0.286 e. The van der Waals surface area contributed by atoms with Crippen molar-refractivity contribution >= 4 is 17.3 Å². The van der Waals surface area contributed by atoms with Gasteiger partial charge in [-0.3, -0.25) is 4.99 Å². The number of nitriles is 1. The number of alkyl halides is 9. The number of rotatable bonds is 2. The van der Waals surface area contributed by atoms with Gasteiger partial charge in [0.2, 0.25) is 0 Å². The molecular formula is C18H8ClF9N4. The molecule has 0 saturated carbocycles. The fourth-order valence-electron chi connectivity index (χ4n) is 3.07. The normalized spacial score (nSPS) is 19.6. The Hall–Kier alpha value is -2.88. The van der Waals surface area contributed by atoms with E-state index in [9.17, 15) is 39.5 Å². The highest BCUT2D eigenvalue weighted by Gasteiger charge is 2.60. The van der Waals surface area contributed by atoms with E-state index in [0.717, 1.165) is 12.1 Å². The van der Waals surface area contributed by atoms with E-state index in [0.29, 0.717) is 0 Å². The van der Waals surface area contributed by atoms with Crippen molar-refractivity contribution in [2.24, 2.45) is 4.99 Å². The first-order chi connectivity index (χ1) is 14.6. The molecule has 1 unspecified atom stereocenters. The molecule has 3 rings (SSSR count). The first-order valence-corrected chi connectivity index (χ1v) is 8.80. The second-order valence-electron chi connectivity index (χ2n) is 6.78. The maximum absolute atomic E-state index is 14.1. The molecule has 1 aliphatic heterocycles. The maximum Gasteiger partial charge on any atom is 0.433 e. The Labute approximate surface area is 178 Å². The van der Waals surface area contributed by atoms with Gasteiger partial charge in [-0.25, -0.2) is 9.97 Å². The highest BCUT2D eigenvalue weighted by atomic mass is 35.5. The van der Waals surface area contributed by atoms with E-state index < -0.39 is 53.9 Å². The molecule has 14 heteroatoms. The molecule has 32 heavy (non-hydrogen) atoms. The molecule has 0 fully saturated rings. The largest absolute Gasteiger partial charge is 0.433 e. The van der Waals surface area contributed by atoms with Gasteiger partial charge >= 0.3 is 18.5 Å².